The minimum atomic E-state index is 0.157. The molecule has 1 aromatic carbocycles. The third-order valence-corrected chi connectivity index (χ3v) is 6.28. The summed E-state index contributed by atoms with van der Waals surface area (Å²) in [7, 11) is 3.26. The zero-order valence-corrected chi connectivity index (χ0v) is 13.8. The molecule has 0 heterocycles. The van der Waals surface area contributed by atoms with Crippen molar-refractivity contribution in [2.75, 3.05) is 14.2 Å². The molecule has 4 bridgehead atoms. The highest BCUT2D eigenvalue weighted by Crippen LogP contribution is 2.62. The quantitative estimate of drug-likeness (QED) is 0.620. The molecule has 23 heavy (non-hydrogen) atoms. The molecular formula is C19H23NO3. The van der Waals surface area contributed by atoms with Crippen LogP contribution in [-0.4, -0.2) is 20.3 Å². The molecule has 0 atom stereocenters. The molecule has 4 nitrogen and oxygen atoms in total. The van der Waals surface area contributed by atoms with Gasteiger partial charge in [0.2, 0.25) is 6.08 Å². The highest BCUT2D eigenvalue weighted by atomic mass is 16.5. The van der Waals surface area contributed by atoms with Crippen LogP contribution in [0.1, 0.15) is 44.1 Å². The molecule has 5 rings (SSSR count). The number of isocyanates is 1. The summed E-state index contributed by atoms with van der Waals surface area (Å²) in [5.41, 5.74) is 2.03. The number of aliphatic imine (C=N–C) groups is 1. The van der Waals surface area contributed by atoms with Crippen molar-refractivity contribution in [3.05, 3.63) is 17.7 Å². The van der Waals surface area contributed by atoms with Gasteiger partial charge in [0, 0.05) is 6.07 Å². The van der Waals surface area contributed by atoms with Gasteiger partial charge in [0.05, 0.1) is 19.9 Å². The van der Waals surface area contributed by atoms with E-state index in [-0.39, 0.29) is 5.41 Å². The summed E-state index contributed by atoms with van der Waals surface area (Å²) >= 11 is 0. The SMILES string of the molecule is COc1cc(N=C=O)c(C23CC4CC(CC(C4)C2)C3)cc1OC. The van der Waals surface area contributed by atoms with E-state index in [0.717, 1.165) is 29.1 Å². The number of hydrogen-bond acceptors (Lipinski definition) is 4. The molecule has 1 aromatic rings. The van der Waals surface area contributed by atoms with E-state index < -0.39 is 0 Å². The Morgan fingerprint density at radius 2 is 1.52 bits per heavy atom. The van der Waals surface area contributed by atoms with Crippen LogP contribution < -0.4 is 9.47 Å². The highest BCUT2D eigenvalue weighted by Gasteiger charge is 2.52. The highest BCUT2D eigenvalue weighted by molar-refractivity contribution is 5.63. The second-order valence-corrected chi connectivity index (χ2v) is 7.63. The summed E-state index contributed by atoms with van der Waals surface area (Å²) in [5.74, 6) is 3.85. The molecule has 4 heteroatoms. The predicted molar refractivity (Wildman–Crippen MR) is 87.2 cm³/mol. The summed E-state index contributed by atoms with van der Waals surface area (Å²) < 4.78 is 10.9. The maximum absolute atomic E-state index is 10.9. The van der Waals surface area contributed by atoms with Gasteiger partial charge in [-0.1, -0.05) is 0 Å². The molecule has 0 N–H and O–H groups in total. The number of methoxy groups -OCH3 is 2. The summed E-state index contributed by atoms with van der Waals surface area (Å²) in [6.45, 7) is 0. The lowest BCUT2D eigenvalue weighted by Gasteiger charge is -2.57. The molecule has 0 amide bonds. The Labute approximate surface area is 136 Å². The predicted octanol–water partition coefficient (Wildman–Crippen LogP) is 4.14. The van der Waals surface area contributed by atoms with Crippen molar-refractivity contribution in [2.24, 2.45) is 22.7 Å². The number of nitrogens with zero attached hydrogens (tertiary/aromatic N) is 1. The zero-order chi connectivity index (χ0) is 16.0. The van der Waals surface area contributed by atoms with E-state index in [0.29, 0.717) is 11.4 Å². The van der Waals surface area contributed by atoms with E-state index in [9.17, 15) is 4.79 Å². The normalized spacial score (nSPS) is 34.1. The summed E-state index contributed by atoms with van der Waals surface area (Å²) in [6.07, 6.45) is 9.54. The smallest absolute Gasteiger partial charge is 0.240 e. The third-order valence-electron chi connectivity index (χ3n) is 6.28. The zero-order valence-electron chi connectivity index (χ0n) is 13.8. The lowest BCUT2D eigenvalue weighted by molar-refractivity contribution is -0.00499. The van der Waals surface area contributed by atoms with Crippen molar-refractivity contribution < 1.29 is 14.3 Å². The van der Waals surface area contributed by atoms with Crippen molar-refractivity contribution in [3.63, 3.8) is 0 Å². The average Bonchev–Trinajstić information content (AvgIpc) is 2.53. The monoisotopic (exact) mass is 313 g/mol. The van der Waals surface area contributed by atoms with Gasteiger partial charge in [-0.3, -0.25) is 0 Å². The van der Waals surface area contributed by atoms with E-state index in [1.165, 1.54) is 38.5 Å². The van der Waals surface area contributed by atoms with Crippen LogP contribution in [0.15, 0.2) is 17.1 Å². The third kappa shape index (κ3) is 2.28. The van der Waals surface area contributed by atoms with Crippen molar-refractivity contribution in [1.82, 2.24) is 0 Å². The van der Waals surface area contributed by atoms with Crippen LogP contribution in [0.4, 0.5) is 5.69 Å². The summed E-state index contributed by atoms with van der Waals surface area (Å²) in [5, 5.41) is 0. The number of rotatable bonds is 4. The Morgan fingerprint density at radius 3 is 2.00 bits per heavy atom. The fourth-order valence-electron chi connectivity index (χ4n) is 5.88. The van der Waals surface area contributed by atoms with Crippen LogP contribution in [0.5, 0.6) is 11.5 Å². The van der Waals surface area contributed by atoms with E-state index in [1.54, 1.807) is 20.3 Å². The summed E-state index contributed by atoms with van der Waals surface area (Å²) in [4.78, 5) is 15.0. The van der Waals surface area contributed by atoms with Crippen LogP contribution in [0.2, 0.25) is 0 Å². The molecule has 122 valence electrons. The summed E-state index contributed by atoms with van der Waals surface area (Å²) in [6, 6.07) is 3.89. The fraction of sp³-hybridized carbons (Fsp3) is 0.632. The van der Waals surface area contributed by atoms with Crippen molar-refractivity contribution in [1.29, 1.82) is 0 Å². The molecule has 4 aliphatic carbocycles. The minimum absolute atomic E-state index is 0.157. The Bertz CT molecular complexity index is 640. The molecule has 0 radical (unpaired) electrons. The maximum atomic E-state index is 10.9. The Hall–Kier alpha value is -1.80. The largest absolute Gasteiger partial charge is 0.493 e. The van der Waals surface area contributed by atoms with Crippen LogP contribution in [0, 0.1) is 17.8 Å². The molecule has 0 aliphatic heterocycles. The standard InChI is InChI=1S/C19H23NO3/c1-22-17-6-15(16(20-11-21)7-18(17)23-2)19-8-12-3-13(9-19)5-14(4-12)10-19/h6-7,12-14H,3-5,8-10H2,1-2H3. The lowest BCUT2D eigenvalue weighted by atomic mass is 9.48. The number of benzene rings is 1. The van der Waals surface area contributed by atoms with E-state index in [2.05, 4.69) is 11.1 Å². The number of carbonyl (C=O) groups excluding carboxylic acids is 1. The van der Waals surface area contributed by atoms with Crippen LogP contribution in [0.25, 0.3) is 0 Å². The second-order valence-electron chi connectivity index (χ2n) is 7.63. The van der Waals surface area contributed by atoms with Gasteiger partial charge in [0.15, 0.2) is 11.5 Å². The molecule has 4 aliphatic rings. The molecular weight excluding hydrogens is 290 g/mol. The Morgan fingerprint density at radius 1 is 1.00 bits per heavy atom. The number of hydrogen-bond donors (Lipinski definition) is 0. The van der Waals surface area contributed by atoms with Gasteiger partial charge >= 0.3 is 0 Å². The van der Waals surface area contributed by atoms with Gasteiger partial charge in [0.25, 0.3) is 0 Å². The molecule has 0 unspecified atom stereocenters. The van der Waals surface area contributed by atoms with Crippen LogP contribution in [-0.2, 0) is 10.2 Å². The number of ether oxygens (including phenoxy) is 2. The first-order valence-electron chi connectivity index (χ1n) is 8.52. The molecule has 0 spiro atoms. The second kappa shape index (κ2) is 5.38. The van der Waals surface area contributed by atoms with Gasteiger partial charge in [-0.25, -0.2) is 4.79 Å². The molecule has 4 saturated carbocycles. The topological polar surface area (TPSA) is 47.9 Å². The first kappa shape index (κ1) is 14.8. The van der Waals surface area contributed by atoms with Crippen LogP contribution >= 0.6 is 0 Å². The van der Waals surface area contributed by atoms with Crippen molar-refractivity contribution >= 4 is 11.8 Å². The van der Waals surface area contributed by atoms with E-state index >= 15 is 0 Å². The van der Waals surface area contributed by atoms with E-state index in [1.807, 2.05) is 6.07 Å². The molecule has 0 saturated heterocycles. The Kier molecular flexibility index (Phi) is 3.46. The fourth-order valence-corrected chi connectivity index (χ4v) is 5.88. The van der Waals surface area contributed by atoms with Crippen molar-refractivity contribution in [2.45, 2.75) is 43.9 Å². The maximum Gasteiger partial charge on any atom is 0.240 e. The van der Waals surface area contributed by atoms with Gasteiger partial charge in [-0.05, 0) is 73.3 Å². The first-order chi connectivity index (χ1) is 11.2. The minimum Gasteiger partial charge on any atom is -0.493 e. The van der Waals surface area contributed by atoms with Gasteiger partial charge < -0.3 is 9.47 Å². The van der Waals surface area contributed by atoms with Gasteiger partial charge in [0.1, 0.15) is 0 Å². The first-order valence-corrected chi connectivity index (χ1v) is 8.52. The Balaban J connectivity index is 1.85. The molecule has 4 fully saturated rings. The average molecular weight is 313 g/mol. The lowest BCUT2D eigenvalue weighted by Crippen LogP contribution is -2.48. The van der Waals surface area contributed by atoms with E-state index in [4.69, 9.17) is 9.47 Å². The molecule has 0 aromatic heterocycles. The van der Waals surface area contributed by atoms with Crippen molar-refractivity contribution in [3.8, 4) is 11.5 Å². The van der Waals surface area contributed by atoms with Gasteiger partial charge in [-0.2, -0.15) is 4.99 Å². The van der Waals surface area contributed by atoms with Crippen LogP contribution in [0.3, 0.4) is 0 Å². The van der Waals surface area contributed by atoms with Gasteiger partial charge in [-0.15, -0.1) is 0 Å².